The van der Waals surface area contributed by atoms with Crippen molar-refractivity contribution in [1.29, 1.82) is 0 Å². The fraction of sp³-hybridized carbons (Fsp3) is 0.750. The SMILES string of the molecule is CCOCCCn1cnnc1CO. The molecule has 1 aromatic rings. The van der Waals surface area contributed by atoms with E-state index in [1.54, 1.807) is 6.33 Å². The molecule has 0 bridgehead atoms. The third-order valence-electron chi connectivity index (χ3n) is 1.73. The minimum Gasteiger partial charge on any atom is -0.388 e. The highest BCUT2D eigenvalue weighted by Gasteiger charge is 2.00. The first-order valence-corrected chi connectivity index (χ1v) is 4.43. The van der Waals surface area contributed by atoms with Crippen LogP contribution >= 0.6 is 0 Å². The lowest BCUT2D eigenvalue weighted by molar-refractivity contribution is 0.141. The molecule has 0 atom stereocenters. The number of aliphatic hydroxyl groups excluding tert-OH is 1. The molecule has 0 unspecified atom stereocenters. The van der Waals surface area contributed by atoms with Crippen LogP contribution in [0.5, 0.6) is 0 Å². The van der Waals surface area contributed by atoms with Gasteiger partial charge < -0.3 is 14.4 Å². The summed E-state index contributed by atoms with van der Waals surface area (Å²) in [5.41, 5.74) is 0. The van der Waals surface area contributed by atoms with Crippen LogP contribution in [0.3, 0.4) is 0 Å². The van der Waals surface area contributed by atoms with Gasteiger partial charge in [0.2, 0.25) is 0 Å². The van der Waals surface area contributed by atoms with Crippen molar-refractivity contribution in [2.45, 2.75) is 26.5 Å². The van der Waals surface area contributed by atoms with Gasteiger partial charge in [-0.25, -0.2) is 0 Å². The third-order valence-corrected chi connectivity index (χ3v) is 1.73. The van der Waals surface area contributed by atoms with Crippen molar-refractivity contribution in [3.05, 3.63) is 12.2 Å². The molecule has 0 aliphatic heterocycles. The molecule has 0 amide bonds. The maximum absolute atomic E-state index is 8.86. The summed E-state index contributed by atoms with van der Waals surface area (Å²) in [6, 6.07) is 0. The van der Waals surface area contributed by atoms with Crippen LogP contribution in [-0.4, -0.2) is 33.1 Å². The van der Waals surface area contributed by atoms with Gasteiger partial charge in [0.15, 0.2) is 5.82 Å². The van der Waals surface area contributed by atoms with Crippen molar-refractivity contribution in [3.63, 3.8) is 0 Å². The minimum absolute atomic E-state index is 0.0609. The lowest BCUT2D eigenvalue weighted by atomic mass is 10.4. The van der Waals surface area contributed by atoms with Gasteiger partial charge in [-0.15, -0.1) is 10.2 Å². The smallest absolute Gasteiger partial charge is 0.158 e. The molecular weight excluding hydrogens is 170 g/mol. The quantitative estimate of drug-likeness (QED) is 0.643. The second-order valence-electron chi connectivity index (χ2n) is 2.65. The number of aryl methyl sites for hydroxylation is 1. The number of rotatable bonds is 6. The van der Waals surface area contributed by atoms with E-state index in [1.807, 2.05) is 11.5 Å². The van der Waals surface area contributed by atoms with Crippen molar-refractivity contribution >= 4 is 0 Å². The van der Waals surface area contributed by atoms with E-state index in [0.29, 0.717) is 5.82 Å². The molecule has 1 aromatic heterocycles. The van der Waals surface area contributed by atoms with Crippen LogP contribution in [-0.2, 0) is 17.9 Å². The van der Waals surface area contributed by atoms with E-state index in [-0.39, 0.29) is 6.61 Å². The Morgan fingerprint density at radius 3 is 3.15 bits per heavy atom. The van der Waals surface area contributed by atoms with Crippen molar-refractivity contribution in [2.75, 3.05) is 13.2 Å². The molecule has 5 nitrogen and oxygen atoms in total. The summed E-state index contributed by atoms with van der Waals surface area (Å²) >= 11 is 0. The second kappa shape index (κ2) is 5.66. The van der Waals surface area contributed by atoms with Crippen LogP contribution in [0.1, 0.15) is 19.2 Å². The average molecular weight is 185 g/mol. The lowest BCUT2D eigenvalue weighted by Gasteiger charge is -2.04. The Bertz CT molecular complexity index is 237. The molecule has 1 N–H and O–H groups in total. The number of hydrogen-bond acceptors (Lipinski definition) is 4. The first-order valence-electron chi connectivity index (χ1n) is 4.43. The van der Waals surface area contributed by atoms with Crippen molar-refractivity contribution < 1.29 is 9.84 Å². The number of nitrogens with zero attached hydrogens (tertiary/aromatic N) is 3. The molecule has 0 saturated carbocycles. The van der Waals surface area contributed by atoms with Gasteiger partial charge in [0, 0.05) is 19.8 Å². The molecule has 74 valence electrons. The molecule has 13 heavy (non-hydrogen) atoms. The summed E-state index contributed by atoms with van der Waals surface area (Å²) in [5, 5.41) is 16.3. The molecule has 5 heteroatoms. The van der Waals surface area contributed by atoms with E-state index in [9.17, 15) is 0 Å². The summed E-state index contributed by atoms with van der Waals surface area (Å²) in [7, 11) is 0. The van der Waals surface area contributed by atoms with Crippen LogP contribution in [0.2, 0.25) is 0 Å². The highest BCUT2D eigenvalue weighted by atomic mass is 16.5. The monoisotopic (exact) mass is 185 g/mol. The van der Waals surface area contributed by atoms with Gasteiger partial charge in [0.25, 0.3) is 0 Å². The van der Waals surface area contributed by atoms with Crippen molar-refractivity contribution in [2.24, 2.45) is 0 Å². The molecule has 0 saturated heterocycles. The van der Waals surface area contributed by atoms with Crippen LogP contribution < -0.4 is 0 Å². The molecule has 1 rings (SSSR count). The predicted octanol–water partition coefficient (Wildman–Crippen LogP) is 0.197. The summed E-state index contributed by atoms with van der Waals surface area (Å²) in [6.07, 6.45) is 2.54. The van der Waals surface area contributed by atoms with E-state index >= 15 is 0 Å². The molecule has 0 aliphatic rings. The van der Waals surface area contributed by atoms with Gasteiger partial charge in [-0.1, -0.05) is 0 Å². The minimum atomic E-state index is -0.0609. The fourth-order valence-corrected chi connectivity index (χ4v) is 1.07. The maximum Gasteiger partial charge on any atom is 0.158 e. The number of aromatic nitrogens is 3. The van der Waals surface area contributed by atoms with E-state index in [1.165, 1.54) is 0 Å². The largest absolute Gasteiger partial charge is 0.388 e. The highest BCUT2D eigenvalue weighted by Crippen LogP contribution is 1.96. The highest BCUT2D eigenvalue weighted by molar-refractivity contribution is 4.81. The molecule has 0 aliphatic carbocycles. The average Bonchev–Trinajstić information content (AvgIpc) is 2.60. The Balaban J connectivity index is 2.27. The second-order valence-corrected chi connectivity index (χ2v) is 2.65. The fourth-order valence-electron chi connectivity index (χ4n) is 1.07. The Morgan fingerprint density at radius 2 is 2.46 bits per heavy atom. The summed E-state index contributed by atoms with van der Waals surface area (Å²) in [5.74, 6) is 0.608. The topological polar surface area (TPSA) is 60.2 Å². The molecule has 0 spiro atoms. The summed E-state index contributed by atoms with van der Waals surface area (Å²) < 4.78 is 7.02. The Kier molecular flexibility index (Phi) is 4.42. The number of aliphatic hydroxyl groups is 1. The zero-order valence-corrected chi connectivity index (χ0v) is 7.81. The van der Waals surface area contributed by atoms with Crippen molar-refractivity contribution in [1.82, 2.24) is 14.8 Å². The molecule has 0 radical (unpaired) electrons. The molecule has 0 aromatic carbocycles. The van der Waals surface area contributed by atoms with E-state index in [2.05, 4.69) is 10.2 Å². The Labute approximate surface area is 77.4 Å². The molecule has 0 fully saturated rings. The van der Waals surface area contributed by atoms with Gasteiger partial charge in [-0.2, -0.15) is 0 Å². The standard InChI is InChI=1S/C8H15N3O2/c1-2-13-5-3-4-11-7-9-10-8(11)6-12/h7,12H,2-6H2,1H3. The van der Waals surface area contributed by atoms with E-state index < -0.39 is 0 Å². The van der Waals surface area contributed by atoms with Gasteiger partial charge in [0.1, 0.15) is 12.9 Å². The zero-order valence-electron chi connectivity index (χ0n) is 7.81. The first kappa shape index (κ1) is 10.1. The van der Waals surface area contributed by atoms with E-state index in [0.717, 1.165) is 26.2 Å². The van der Waals surface area contributed by atoms with Crippen LogP contribution in [0.15, 0.2) is 6.33 Å². The molecular formula is C8H15N3O2. The number of ether oxygens (including phenoxy) is 1. The van der Waals surface area contributed by atoms with Crippen LogP contribution in [0.25, 0.3) is 0 Å². The van der Waals surface area contributed by atoms with E-state index in [4.69, 9.17) is 9.84 Å². The maximum atomic E-state index is 8.86. The van der Waals surface area contributed by atoms with Crippen molar-refractivity contribution in [3.8, 4) is 0 Å². The predicted molar refractivity (Wildman–Crippen MR) is 47.1 cm³/mol. The van der Waals surface area contributed by atoms with Gasteiger partial charge >= 0.3 is 0 Å². The van der Waals surface area contributed by atoms with Gasteiger partial charge in [-0.05, 0) is 13.3 Å². The lowest BCUT2D eigenvalue weighted by Crippen LogP contribution is -2.05. The third kappa shape index (κ3) is 3.12. The van der Waals surface area contributed by atoms with Gasteiger partial charge in [0.05, 0.1) is 0 Å². The Hall–Kier alpha value is -0.940. The summed E-state index contributed by atoms with van der Waals surface area (Å²) in [4.78, 5) is 0. The first-order chi connectivity index (χ1) is 6.38. The molecule has 1 heterocycles. The Morgan fingerprint density at radius 1 is 1.62 bits per heavy atom. The number of hydrogen-bond donors (Lipinski definition) is 1. The zero-order chi connectivity index (χ0) is 9.52. The van der Waals surface area contributed by atoms with Gasteiger partial charge in [-0.3, -0.25) is 0 Å². The van der Waals surface area contributed by atoms with Crippen LogP contribution in [0, 0.1) is 0 Å². The van der Waals surface area contributed by atoms with Crippen LogP contribution in [0.4, 0.5) is 0 Å². The summed E-state index contributed by atoms with van der Waals surface area (Å²) in [6.45, 7) is 4.18. The normalized spacial score (nSPS) is 10.6.